The van der Waals surface area contributed by atoms with Crippen LogP contribution >= 0.6 is 11.6 Å². The van der Waals surface area contributed by atoms with Crippen LogP contribution in [0.15, 0.2) is 23.4 Å². The predicted molar refractivity (Wildman–Crippen MR) is 97.5 cm³/mol. The molecule has 0 radical (unpaired) electrons. The molecule has 26 heavy (non-hydrogen) atoms. The second kappa shape index (κ2) is 8.64. The molecule has 1 aromatic rings. The Kier molecular flexibility index (Phi) is 6.49. The smallest absolute Gasteiger partial charge is 0.392 e. The van der Waals surface area contributed by atoms with Gasteiger partial charge in [-0.2, -0.15) is 13.2 Å². The summed E-state index contributed by atoms with van der Waals surface area (Å²) in [6.07, 6.45) is 5.59. The highest BCUT2D eigenvalue weighted by molar-refractivity contribution is 6.31. The van der Waals surface area contributed by atoms with Gasteiger partial charge in [0.05, 0.1) is 11.3 Å². The van der Waals surface area contributed by atoms with E-state index in [1.165, 1.54) is 18.6 Å². The maximum absolute atomic E-state index is 13.6. The number of halogens is 4. The molecule has 0 spiro atoms. The minimum Gasteiger partial charge on any atom is -0.392 e. The molecule has 2 aliphatic carbocycles. The number of nitrogens with zero attached hydrogens (tertiary/aromatic N) is 1. The van der Waals surface area contributed by atoms with E-state index in [4.69, 9.17) is 16.4 Å². The van der Waals surface area contributed by atoms with Crippen molar-refractivity contribution < 1.29 is 18.0 Å². The second-order valence-electron chi connectivity index (χ2n) is 7.36. The zero-order valence-corrected chi connectivity index (χ0v) is 15.6. The number of oxime groups is 1. The normalized spacial score (nSPS) is 21.0. The molecule has 1 aromatic carbocycles. The highest BCUT2D eigenvalue weighted by atomic mass is 35.5. The Balaban J connectivity index is 1.95. The van der Waals surface area contributed by atoms with E-state index in [9.17, 15) is 13.2 Å². The Morgan fingerprint density at radius 3 is 2.19 bits per heavy atom. The maximum atomic E-state index is 13.6. The van der Waals surface area contributed by atoms with E-state index >= 15 is 0 Å². The average Bonchev–Trinajstić information content (AvgIpc) is 2.63. The lowest BCUT2D eigenvalue weighted by molar-refractivity contribution is -0.137. The minimum absolute atomic E-state index is 0.00749. The summed E-state index contributed by atoms with van der Waals surface area (Å²) in [4.78, 5) is 5.74. The van der Waals surface area contributed by atoms with Crippen molar-refractivity contribution in [3.05, 3.63) is 34.3 Å². The Morgan fingerprint density at radius 1 is 0.962 bits per heavy atom. The molecule has 0 N–H and O–H groups in total. The third-order valence-corrected chi connectivity index (χ3v) is 5.64. The molecule has 0 aliphatic heterocycles. The van der Waals surface area contributed by atoms with Gasteiger partial charge in [-0.25, -0.2) is 0 Å². The molecule has 0 unspecified atom stereocenters. The van der Waals surface area contributed by atoms with Crippen LogP contribution in [-0.2, 0) is 11.0 Å². The first-order chi connectivity index (χ1) is 12.4. The van der Waals surface area contributed by atoms with Crippen LogP contribution < -0.4 is 0 Å². The number of rotatable bonds is 4. The van der Waals surface area contributed by atoms with Crippen molar-refractivity contribution in [1.82, 2.24) is 0 Å². The van der Waals surface area contributed by atoms with Crippen molar-refractivity contribution in [3.8, 4) is 0 Å². The Labute approximate surface area is 157 Å². The molecule has 0 bridgehead atoms. The number of alkyl halides is 3. The summed E-state index contributed by atoms with van der Waals surface area (Å²) in [5.41, 5.74) is -0.184. The van der Waals surface area contributed by atoms with Crippen LogP contribution in [0.5, 0.6) is 0 Å². The van der Waals surface area contributed by atoms with E-state index in [0.717, 1.165) is 63.9 Å². The predicted octanol–water partition coefficient (Wildman–Crippen LogP) is 6.99. The third kappa shape index (κ3) is 4.93. The largest absolute Gasteiger partial charge is 0.417 e. The van der Waals surface area contributed by atoms with Crippen molar-refractivity contribution in [2.45, 2.75) is 76.5 Å². The molecule has 0 amide bonds. The SMILES string of the molecule is FC(F)(F)c1ccc(Cl)cc1C(=NOC1CCCCC1)C1CCCCC1. The highest BCUT2D eigenvalue weighted by Gasteiger charge is 2.36. The molecule has 0 atom stereocenters. The number of benzene rings is 1. The van der Waals surface area contributed by atoms with Gasteiger partial charge in [-0.15, -0.1) is 0 Å². The van der Waals surface area contributed by atoms with Crippen LogP contribution in [0.4, 0.5) is 13.2 Å². The number of hydrogen-bond donors (Lipinski definition) is 0. The molecule has 2 aliphatic rings. The van der Waals surface area contributed by atoms with Crippen molar-refractivity contribution in [3.63, 3.8) is 0 Å². The van der Waals surface area contributed by atoms with E-state index in [1.54, 1.807) is 0 Å². The van der Waals surface area contributed by atoms with Crippen molar-refractivity contribution in [1.29, 1.82) is 0 Å². The molecule has 2 fully saturated rings. The Bertz CT molecular complexity index is 632. The zero-order chi connectivity index (χ0) is 18.6. The van der Waals surface area contributed by atoms with E-state index in [2.05, 4.69) is 5.16 Å². The molecule has 144 valence electrons. The fraction of sp³-hybridized carbons (Fsp3) is 0.650. The summed E-state index contributed by atoms with van der Waals surface area (Å²) in [5.74, 6) is -0.00749. The fourth-order valence-electron chi connectivity index (χ4n) is 4.00. The monoisotopic (exact) mass is 387 g/mol. The van der Waals surface area contributed by atoms with Crippen LogP contribution in [-0.4, -0.2) is 11.8 Å². The van der Waals surface area contributed by atoms with Gasteiger partial charge in [0.1, 0.15) is 6.10 Å². The maximum Gasteiger partial charge on any atom is 0.417 e. The van der Waals surface area contributed by atoms with Crippen LogP contribution in [0.3, 0.4) is 0 Å². The summed E-state index contributed by atoms with van der Waals surface area (Å²) in [6, 6.07) is 3.73. The summed E-state index contributed by atoms with van der Waals surface area (Å²) < 4.78 is 40.7. The molecule has 0 heterocycles. The van der Waals surface area contributed by atoms with Gasteiger partial charge in [-0.1, -0.05) is 42.4 Å². The molecular formula is C20H25ClF3NO. The summed E-state index contributed by atoms with van der Waals surface area (Å²) in [7, 11) is 0. The molecule has 2 saturated carbocycles. The van der Waals surface area contributed by atoms with Gasteiger partial charge < -0.3 is 4.84 Å². The van der Waals surface area contributed by atoms with Crippen LogP contribution in [0.2, 0.25) is 5.02 Å². The number of hydrogen-bond acceptors (Lipinski definition) is 2. The standard InChI is InChI=1S/C20H25ClF3NO/c21-15-11-12-18(20(22,23)24)17(13-15)19(14-7-3-1-4-8-14)25-26-16-9-5-2-6-10-16/h11-14,16H,1-10H2. The summed E-state index contributed by atoms with van der Waals surface area (Å²) >= 11 is 6.04. The molecule has 2 nitrogen and oxygen atoms in total. The molecule has 6 heteroatoms. The van der Waals surface area contributed by atoms with E-state index in [-0.39, 0.29) is 22.6 Å². The average molecular weight is 388 g/mol. The topological polar surface area (TPSA) is 21.6 Å². The van der Waals surface area contributed by atoms with Gasteiger partial charge in [0.25, 0.3) is 0 Å². The van der Waals surface area contributed by atoms with E-state index in [0.29, 0.717) is 5.71 Å². The van der Waals surface area contributed by atoms with Crippen molar-refractivity contribution in [2.75, 3.05) is 0 Å². The van der Waals surface area contributed by atoms with Gasteiger partial charge in [-0.05, 0) is 56.7 Å². The van der Waals surface area contributed by atoms with Gasteiger partial charge >= 0.3 is 6.18 Å². The lowest BCUT2D eigenvalue weighted by Crippen LogP contribution is -2.24. The van der Waals surface area contributed by atoms with Gasteiger partial charge in [0, 0.05) is 16.5 Å². The van der Waals surface area contributed by atoms with Gasteiger partial charge in [-0.3, -0.25) is 0 Å². The summed E-state index contributed by atoms with van der Waals surface area (Å²) in [5, 5.41) is 4.60. The van der Waals surface area contributed by atoms with Gasteiger partial charge in [0.15, 0.2) is 0 Å². The zero-order valence-electron chi connectivity index (χ0n) is 14.8. The first kappa shape index (κ1) is 19.5. The van der Waals surface area contributed by atoms with Gasteiger partial charge in [0.2, 0.25) is 0 Å². The van der Waals surface area contributed by atoms with E-state index in [1.807, 2.05) is 0 Å². The first-order valence-corrected chi connectivity index (χ1v) is 9.94. The first-order valence-electron chi connectivity index (χ1n) is 9.56. The van der Waals surface area contributed by atoms with Crippen LogP contribution in [0.1, 0.15) is 75.3 Å². The molecule has 3 rings (SSSR count). The van der Waals surface area contributed by atoms with E-state index < -0.39 is 11.7 Å². The minimum atomic E-state index is -4.44. The van der Waals surface area contributed by atoms with Crippen molar-refractivity contribution in [2.24, 2.45) is 11.1 Å². The highest BCUT2D eigenvalue weighted by Crippen LogP contribution is 2.37. The van der Waals surface area contributed by atoms with Crippen LogP contribution in [0.25, 0.3) is 0 Å². The fourth-order valence-corrected chi connectivity index (χ4v) is 4.17. The second-order valence-corrected chi connectivity index (χ2v) is 7.80. The lowest BCUT2D eigenvalue weighted by Gasteiger charge is -2.26. The Hall–Kier alpha value is -1.23. The van der Waals surface area contributed by atoms with Crippen molar-refractivity contribution >= 4 is 17.3 Å². The lowest BCUT2D eigenvalue weighted by atomic mass is 9.82. The van der Waals surface area contributed by atoms with Crippen LogP contribution in [0, 0.1) is 5.92 Å². The molecule has 0 aromatic heterocycles. The third-order valence-electron chi connectivity index (χ3n) is 5.41. The molecule has 0 saturated heterocycles. The Morgan fingerprint density at radius 2 is 1.58 bits per heavy atom. The molecular weight excluding hydrogens is 363 g/mol. The summed E-state index contributed by atoms with van der Waals surface area (Å²) in [6.45, 7) is 0. The quantitative estimate of drug-likeness (QED) is 0.403.